The summed E-state index contributed by atoms with van der Waals surface area (Å²) < 4.78 is 11.1. The summed E-state index contributed by atoms with van der Waals surface area (Å²) in [5.74, 6) is -1.16. The second kappa shape index (κ2) is 56.9. The molecule has 0 unspecified atom stereocenters. The van der Waals surface area contributed by atoms with Gasteiger partial charge in [-0.15, -0.1) is 40.4 Å². The van der Waals surface area contributed by atoms with E-state index in [1.807, 2.05) is 214 Å². The van der Waals surface area contributed by atoms with Crippen LogP contribution < -0.4 is 139 Å². The molecule has 1 aliphatic heterocycles. The zero-order chi connectivity index (χ0) is 101. The van der Waals surface area contributed by atoms with Crippen LogP contribution in [0.5, 0.6) is 74.7 Å². The molecule has 0 amide bonds. The van der Waals surface area contributed by atoms with Crippen LogP contribution in [0.4, 0.5) is 5.69 Å². The average molecular weight is 2490 g/mol. The van der Waals surface area contributed by atoms with Crippen molar-refractivity contribution in [2.24, 2.45) is 7.05 Å². The van der Waals surface area contributed by atoms with Crippen molar-refractivity contribution in [3.63, 3.8) is 0 Å². The number of thiazole rings is 2. The number of benzene rings is 14. The van der Waals surface area contributed by atoms with Crippen LogP contribution in [0.2, 0.25) is 0 Å². The number of allylic oxidation sites excluding steroid dienone is 1. The van der Waals surface area contributed by atoms with Crippen LogP contribution >= 0.6 is 22.7 Å². The van der Waals surface area contributed by atoms with Gasteiger partial charge in [-0.05, 0) is 231 Å². The summed E-state index contributed by atoms with van der Waals surface area (Å²) in [6.45, 7) is 10.4. The molecule has 150 heavy (non-hydrogen) atoms. The Labute approximate surface area is 967 Å². The quantitative estimate of drug-likeness (QED) is 0.0140. The van der Waals surface area contributed by atoms with Gasteiger partial charge in [-0.3, -0.25) is 0 Å². The van der Waals surface area contributed by atoms with E-state index in [2.05, 4.69) is 177 Å². The molecule has 6 aromatic heterocycles. The van der Waals surface area contributed by atoms with E-state index in [1.54, 1.807) is 89.4 Å². The molecule has 0 saturated heterocycles. The fourth-order valence-corrected chi connectivity index (χ4v) is 17.9. The summed E-state index contributed by atoms with van der Waals surface area (Å²) in [5, 5.41) is 129. The van der Waals surface area contributed by atoms with Crippen molar-refractivity contribution in [3.8, 4) is 74.7 Å². The molecule has 21 rings (SSSR count). The van der Waals surface area contributed by atoms with Gasteiger partial charge in [0.1, 0.15) is 37.2 Å². The molecule has 0 saturated carbocycles. The topological polar surface area (TPSA) is 346 Å². The maximum atomic E-state index is 9.87. The largest absolute Gasteiger partial charge is 1.00 e. The molecule has 1 aliphatic rings. The zero-order valence-corrected chi connectivity index (χ0v) is 94.9. The van der Waals surface area contributed by atoms with E-state index < -0.39 is 0 Å². The van der Waals surface area contributed by atoms with Crippen LogP contribution in [0.1, 0.15) is 105 Å². The van der Waals surface area contributed by atoms with Gasteiger partial charge in [0.2, 0.25) is 33.6 Å². The fourth-order valence-electron chi connectivity index (χ4n) is 16.2. The smallest absolute Gasteiger partial charge is 1.00 e. The van der Waals surface area contributed by atoms with Crippen LogP contribution in [0, 0.1) is 6.07 Å². The second-order valence-electron chi connectivity index (χ2n) is 33.9. The second-order valence-corrected chi connectivity index (χ2v) is 36.0. The van der Waals surface area contributed by atoms with E-state index in [4.69, 9.17) is 0 Å². The first-order valence-corrected chi connectivity index (χ1v) is 47.9. The summed E-state index contributed by atoms with van der Waals surface area (Å²) in [6.07, 6.45) is 29.1. The maximum absolute atomic E-state index is 9.87. The molecule has 20 aromatic rings. The number of aromatic hydroxyl groups is 13. The predicted molar refractivity (Wildman–Crippen MR) is 586 cm³/mol. The number of aryl methyl sites for hydroxylation is 3. The number of phenols is 13. The molecule has 0 bridgehead atoms. The Morgan fingerprint density at radius 2 is 0.713 bits per heavy atom. The van der Waals surface area contributed by atoms with Crippen LogP contribution in [0.15, 0.2) is 352 Å². The number of aromatic nitrogens is 6. The molecule has 21 nitrogen and oxygen atoms in total. The van der Waals surface area contributed by atoms with Crippen molar-refractivity contribution in [3.05, 3.63) is 435 Å². The standard InChI is InChI=1S/C19H19NO2.2C19H17NO2.C18H15NO2.C17H13NO2.C15H11NO2S.C15H10NOS.4HI.Na.H2O/c1-19(2)14-6-4-5-7-15(14)20(3)18(19)11-9-13-8-10-16(21)17(22)12-13;1-2-20-16(12-10-14-6-3-4-8-17(14)20)13-11-15-7-5-9-18(21)19(15)22;1-2-20-16(11-9-15-5-3-4-6-17(15)20)10-7-14-8-12-18(21)19(22)13-14;1-19-11-10-14(15-4-2-3-5-16(15)19)8-6-13-7-9-17(20)18(21)12-13;19-16-10-6-12(11-17(16)20)5-8-14-9-7-13-3-1-2-4-15(13)18-14;17-12-7-5-10(9-13(12)18)6-8-15-16-11-3-1-2-4-14(11)19-15;17-12-5-3-4-11(10-12)8-9-15-16-13-6-1-2-7-14(13)18-15;;;;;;/h4-12,22H,1-3H3;3-13,21H,2H2,1H3;3-13,22H,2H2,1H3;2-12,21H,1H3;1-11,19-20H;1-9,17-18H;1-4,6-10,17H;4*1H;;1H2/q;;;;;;-1;;;;;+1;/p-1/b;;;;8-5+;8-6+;9-8+;;;;;;. The molecular formula is C122H107I4N7NaO14S2-. The number of nitrogens with zero attached hydrogens (tertiary/aromatic N) is 7. The maximum Gasteiger partial charge on any atom is 1.00 e. The molecule has 28 heteroatoms. The van der Waals surface area contributed by atoms with Gasteiger partial charge in [0, 0.05) is 93.7 Å². The minimum Gasteiger partial charge on any atom is -1.00 e. The number of pyridine rings is 4. The predicted octanol–water partition coefficient (Wildman–Crippen LogP) is 11.0. The third-order valence-corrected chi connectivity index (χ3v) is 25.7. The third kappa shape index (κ3) is 31.2. The Bertz CT molecular complexity index is 8290. The molecule has 14 aromatic carbocycles. The van der Waals surface area contributed by atoms with Gasteiger partial charge in [0.15, 0.2) is 80.9 Å². The van der Waals surface area contributed by atoms with E-state index in [-0.39, 0.29) is 211 Å². The molecule has 14 N–H and O–H groups in total. The number of fused-ring (bicyclic) bond motifs is 7. The van der Waals surface area contributed by atoms with Crippen LogP contribution in [-0.2, 0) is 25.6 Å². The van der Waals surface area contributed by atoms with Crippen molar-refractivity contribution in [2.45, 2.75) is 46.2 Å². The average Bonchev–Trinajstić information content (AvgIpc) is 1.60. The van der Waals surface area contributed by atoms with Gasteiger partial charge in [-0.1, -0.05) is 176 Å². The molecule has 7 heterocycles. The number of para-hydroxylation sites is 8. The number of phenolic OH excluding ortho intramolecular Hbond substituents is 13. The van der Waals surface area contributed by atoms with E-state index in [0.717, 1.165) is 111 Å². The van der Waals surface area contributed by atoms with Crippen molar-refractivity contribution in [2.75, 3.05) is 7.05 Å². The van der Waals surface area contributed by atoms with Gasteiger partial charge in [-0.2, -0.15) is 25.8 Å². The SMILES string of the molecule is CC[n+]1c(/C=C/c2ccc(O)c(O)c2)ccc2ccccc21.CC[n+]1c(/C=C/c2cccc(O)c2O)ccc2ccccc21.C[N+]1=C(/C=C/c2ccc(O)c(O)c2)C(C)(C)c2ccccc21.C[n+]1ccc(/C=C/c2ccc(O)c(O)c2)c2ccccc21.Oc1[c-]ccc(/C=C/c2nc3ccccc3s2)c1.Oc1ccc(/C=C/c2ccc3ccccc3n2)cc1O.Oc1ccc(/C=C/c2nc3ccccc3s2)cc1O.[I-].[I-].[I-].[I-].[Na+].[OH-]. The summed E-state index contributed by atoms with van der Waals surface area (Å²) in [5.41, 5.74) is 19.9. The molecule has 756 valence electrons. The molecule has 0 aliphatic carbocycles. The van der Waals surface area contributed by atoms with Gasteiger partial charge >= 0.3 is 29.6 Å². The Morgan fingerprint density at radius 3 is 1.19 bits per heavy atom. The Hall–Kier alpha value is -14.4. The molecule has 0 spiro atoms. The van der Waals surface area contributed by atoms with Crippen molar-refractivity contribution >= 4 is 177 Å². The van der Waals surface area contributed by atoms with Crippen molar-refractivity contribution in [1.82, 2.24) is 15.0 Å². The van der Waals surface area contributed by atoms with Crippen LogP contribution in [0.3, 0.4) is 0 Å². The van der Waals surface area contributed by atoms with Gasteiger partial charge in [-0.25, -0.2) is 19.5 Å². The minimum absolute atomic E-state index is 0. The Kier molecular flexibility index (Phi) is 45.2. The zero-order valence-electron chi connectivity index (χ0n) is 82.6. The number of hydrogen-bond donors (Lipinski definition) is 13. The molecular weight excluding hydrogens is 2380 g/mol. The number of halogens is 4. The van der Waals surface area contributed by atoms with Gasteiger partial charge < -0.3 is 168 Å². The summed E-state index contributed by atoms with van der Waals surface area (Å²) in [6, 6.07) is 108. The van der Waals surface area contributed by atoms with E-state index in [1.165, 1.54) is 103 Å². The third-order valence-electron chi connectivity index (χ3n) is 23.7. The number of rotatable bonds is 16. The first-order chi connectivity index (χ1) is 69.7. The van der Waals surface area contributed by atoms with Gasteiger partial charge in [0.05, 0.1) is 42.4 Å². The monoisotopic (exact) mass is 2490 g/mol. The molecule has 0 fully saturated rings. The summed E-state index contributed by atoms with van der Waals surface area (Å²) in [4.78, 5) is 13.5. The van der Waals surface area contributed by atoms with Gasteiger partial charge in [0.25, 0.3) is 0 Å². The molecule has 0 radical (unpaired) electrons. The van der Waals surface area contributed by atoms with Crippen molar-refractivity contribution < 1.29 is 216 Å². The number of hydrogen-bond acceptors (Lipinski definition) is 19. The van der Waals surface area contributed by atoms with Crippen LogP contribution in [0.25, 0.3) is 143 Å². The summed E-state index contributed by atoms with van der Waals surface area (Å²) in [7, 11) is 4.09. The van der Waals surface area contributed by atoms with Crippen LogP contribution in [-0.4, -0.2) is 104 Å². The summed E-state index contributed by atoms with van der Waals surface area (Å²) >= 11 is 3.27. The normalized spacial score (nSPS) is 11.6. The first kappa shape index (κ1) is 119. The van der Waals surface area contributed by atoms with E-state index in [0.29, 0.717) is 5.56 Å². The van der Waals surface area contributed by atoms with E-state index in [9.17, 15) is 66.4 Å². The first-order valence-electron chi connectivity index (χ1n) is 46.3. The Balaban J connectivity index is 0.000000193. The van der Waals surface area contributed by atoms with E-state index >= 15 is 0 Å². The fraction of sp³-hybridized carbons (Fsp3) is 0.0738. The minimum atomic E-state index is -0.126. The van der Waals surface area contributed by atoms with Crippen molar-refractivity contribution in [1.29, 1.82) is 0 Å². The Morgan fingerprint density at radius 1 is 0.320 bits per heavy atom. The molecule has 0 atom stereocenters.